The lowest BCUT2D eigenvalue weighted by Gasteiger charge is -2.24. The first-order valence-corrected chi connectivity index (χ1v) is 10.1. The summed E-state index contributed by atoms with van der Waals surface area (Å²) < 4.78 is 16.5. The number of nitrogens with zero attached hydrogens (tertiary/aromatic N) is 1. The van der Waals surface area contributed by atoms with Crippen LogP contribution in [0.3, 0.4) is 0 Å². The van der Waals surface area contributed by atoms with Crippen LogP contribution in [-0.2, 0) is 9.59 Å². The van der Waals surface area contributed by atoms with Crippen LogP contribution in [0.15, 0.2) is 17.1 Å². The number of methoxy groups -OCH3 is 3. The quantitative estimate of drug-likeness (QED) is 0.717. The molecule has 1 heterocycles. The number of aliphatic imine (C=N–C) groups is 1. The number of hydrogen-bond donors (Lipinski definition) is 0. The predicted molar refractivity (Wildman–Crippen MR) is 106 cm³/mol. The van der Waals surface area contributed by atoms with Crippen molar-refractivity contribution in [2.24, 2.45) is 10.9 Å². The molecule has 1 saturated carbocycles. The molecule has 0 saturated heterocycles. The van der Waals surface area contributed by atoms with Crippen LogP contribution in [0.2, 0.25) is 0 Å². The normalized spacial score (nSPS) is 21.4. The van der Waals surface area contributed by atoms with E-state index in [-0.39, 0.29) is 16.8 Å². The van der Waals surface area contributed by atoms with Crippen molar-refractivity contribution in [3.05, 3.63) is 17.7 Å². The van der Waals surface area contributed by atoms with Crippen LogP contribution in [0.5, 0.6) is 17.2 Å². The summed E-state index contributed by atoms with van der Waals surface area (Å²) in [4.78, 5) is 29.4. The van der Waals surface area contributed by atoms with Crippen LogP contribution in [0.4, 0.5) is 0 Å². The Hall–Kier alpha value is -2.02. The zero-order valence-electron chi connectivity index (χ0n) is 15.9. The second-order valence-corrected chi connectivity index (χ2v) is 7.89. The highest BCUT2D eigenvalue weighted by atomic mass is 32.2. The molecule has 3 rings (SSSR count). The fourth-order valence-corrected chi connectivity index (χ4v) is 4.90. The maximum atomic E-state index is 12.4. The number of rotatable bonds is 5. The molecular formula is C20H25NO5S. The largest absolute Gasteiger partial charge is 0.493 e. The van der Waals surface area contributed by atoms with Gasteiger partial charge in [-0.05, 0) is 12.5 Å². The fourth-order valence-electron chi connectivity index (χ4n) is 3.76. The molecule has 1 aromatic rings. The summed E-state index contributed by atoms with van der Waals surface area (Å²) in [5.41, 5.74) is 1.68. The SMILES string of the molecule is COc1ccc(C2CC(C3C(=O)CCCC3=O)=NCCS2)c(OC)c1OC. The molecule has 146 valence electrons. The van der Waals surface area contributed by atoms with E-state index in [9.17, 15) is 9.59 Å². The minimum atomic E-state index is -0.661. The molecule has 2 aliphatic rings. The van der Waals surface area contributed by atoms with Crippen LogP contribution >= 0.6 is 11.8 Å². The van der Waals surface area contributed by atoms with Crippen molar-refractivity contribution in [2.75, 3.05) is 33.6 Å². The highest BCUT2D eigenvalue weighted by Gasteiger charge is 2.36. The maximum Gasteiger partial charge on any atom is 0.203 e. The van der Waals surface area contributed by atoms with Gasteiger partial charge in [-0.15, -0.1) is 0 Å². The molecule has 1 atom stereocenters. The first-order valence-electron chi connectivity index (χ1n) is 9.09. The van der Waals surface area contributed by atoms with E-state index < -0.39 is 5.92 Å². The zero-order chi connectivity index (χ0) is 19.4. The van der Waals surface area contributed by atoms with E-state index in [2.05, 4.69) is 4.99 Å². The Labute approximate surface area is 163 Å². The van der Waals surface area contributed by atoms with E-state index in [1.165, 1.54) is 0 Å². The number of thioether (sulfide) groups is 1. The van der Waals surface area contributed by atoms with Crippen molar-refractivity contribution in [1.29, 1.82) is 0 Å². The number of ketones is 2. The second kappa shape index (κ2) is 8.78. The van der Waals surface area contributed by atoms with Gasteiger partial charge in [0.15, 0.2) is 11.5 Å². The van der Waals surface area contributed by atoms with Gasteiger partial charge in [-0.3, -0.25) is 14.6 Å². The van der Waals surface area contributed by atoms with Gasteiger partial charge in [0.2, 0.25) is 5.75 Å². The third-order valence-corrected chi connectivity index (χ3v) is 6.27. The monoisotopic (exact) mass is 391 g/mol. The van der Waals surface area contributed by atoms with Crippen molar-refractivity contribution in [3.63, 3.8) is 0 Å². The highest BCUT2D eigenvalue weighted by molar-refractivity contribution is 7.99. The average molecular weight is 391 g/mol. The second-order valence-electron chi connectivity index (χ2n) is 6.58. The Morgan fingerprint density at radius 3 is 2.33 bits per heavy atom. The van der Waals surface area contributed by atoms with E-state index in [0.717, 1.165) is 17.0 Å². The number of carbonyl (C=O) groups is 2. The summed E-state index contributed by atoms with van der Waals surface area (Å²) in [5, 5.41) is 0.0310. The lowest BCUT2D eigenvalue weighted by molar-refractivity contribution is -0.132. The van der Waals surface area contributed by atoms with Crippen molar-refractivity contribution < 1.29 is 23.8 Å². The third kappa shape index (κ3) is 3.98. The van der Waals surface area contributed by atoms with Gasteiger partial charge in [0.05, 0.1) is 21.3 Å². The van der Waals surface area contributed by atoms with Crippen molar-refractivity contribution >= 4 is 29.0 Å². The van der Waals surface area contributed by atoms with E-state index in [1.54, 1.807) is 33.1 Å². The number of carbonyl (C=O) groups excluding carboxylic acids is 2. The summed E-state index contributed by atoms with van der Waals surface area (Å²) in [6.45, 7) is 0.614. The summed E-state index contributed by atoms with van der Waals surface area (Å²) >= 11 is 1.76. The highest BCUT2D eigenvalue weighted by Crippen LogP contribution is 2.47. The van der Waals surface area contributed by atoms with Gasteiger partial charge in [0.1, 0.15) is 17.5 Å². The molecule has 1 unspecified atom stereocenters. The molecule has 0 radical (unpaired) electrons. The predicted octanol–water partition coefficient (Wildman–Crippen LogP) is 3.27. The minimum Gasteiger partial charge on any atom is -0.493 e. The van der Waals surface area contributed by atoms with Crippen LogP contribution < -0.4 is 14.2 Å². The Kier molecular flexibility index (Phi) is 6.42. The summed E-state index contributed by atoms with van der Waals surface area (Å²) in [6.07, 6.45) is 2.14. The molecule has 1 aromatic carbocycles. The number of ether oxygens (including phenoxy) is 3. The minimum absolute atomic E-state index is 0.00919. The Morgan fingerprint density at radius 2 is 1.70 bits per heavy atom. The number of benzene rings is 1. The lowest BCUT2D eigenvalue weighted by atomic mass is 9.81. The van der Waals surface area contributed by atoms with Crippen molar-refractivity contribution in [1.82, 2.24) is 0 Å². The van der Waals surface area contributed by atoms with Crippen LogP contribution in [0.25, 0.3) is 0 Å². The van der Waals surface area contributed by atoms with E-state index in [0.29, 0.717) is 49.5 Å². The van der Waals surface area contributed by atoms with Crippen molar-refractivity contribution in [3.8, 4) is 17.2 Å². The third-order valence-electron chi connectivity index (χ3n) is 5.02. The maximum absolute atomic E-state index is 12.4. The van der Waals surface area contributed by atoms with Gasteiger partial charge in [-0.25, -0.2) is 0 Å². The van der Waals surface area contributed by atoms with E-state index >= 15 is 0 Å². The van der Waals surface area contributed by atoms with Crippen LogP contribution in [-0.4, -0.2) is 50.9 Å². The van der Waals surface area contributed by atoms with Crippen LogP contribution in [0, 0.1) is 5.92 Å². The van der Waals surface area contributed by atoms with Crippen molar-refractivity contribution in [2.45, 2.75) is 30.9 Å². The molecule has 27 heavy (non-hydrogen) atoms. The molecule has 0 amide bonds. The molecule has 0 bridgehead atoms. The first-order chi connectivity index (χ1) is 13.1. The smallest absolute Gasteiger partial charge is 0.203 e. The summed E-state index contributed by atoms with van der Waals surface area (Å²) in [6, 6.07) is 3.82. The molecule has 1 fully saturated rings. The fraction of sp³-hybridized carbons (Fsp3) is 0.550. The number of Topliss-reactive ketones (excluding diaryl/α,β-unsaturated/α-hetero) is 2. The first kappa shape index (κ1) is 19.7. The molecule has 1 aliphatic carbocycles. The Morgan fingerprint density at radius 1 is 1.00 bits per heavy atom. The zero-order valence-corrected chi connectivity index (χ0v) is 16.8. The molecular weight excluding hydrogens is 366 g/mol. The Bertz CT molecular complexity index is 745. The molecule has 0 N–H and O–H groups in total. The Balaban J connectivity index is 1.94. The molecule has 7 heteroatoms. The average Bonchev–Trinajstić information content (AvgIpc) is 2.92. The van der Waals surface area contributed by atoms with Gasteiger partial charge in [-0.2, -0.15) is 11.8 Å². The van der Waals surface area contributed by atoms with Gasteiger partial charge >= 0.3 is 0 Å². The van der Waals surface area contributed by atoms with Crippen LogP contribution in [0.1, 0.15) is 36.5 Å². The molecule has 0 aromatic heterocycles. The van der Waals surface area contributed by atoms with Gasteiger partial charge < -0.3 is 14.2 Å². The number of hydrogen-bond acceptors (Lipinski definition) is 7. The van der Waals surface area contributed by atoms with E-state index in [4.69, 9.17) is 14.2 Å². The van der Waals surface area contributed by atoms with E-state index in [1.807, 2.05) is 12.1 Å². The lowest BCUT2D eigenvalue weighted by Crippen LogP contribution is -2.35. The molecule has 0 spiro atoms. The molecule has 1 aliphatic heterocycles. The topological polar surface area (TPSA) is 74.2 Å². The van der Waals surface area contributed by atoms with Gasteiger partial charge in [0, 0.05) is 48.1 Å². The van der Waals surface area contributed by atoms with Gasteiger partial charge in [0.25, 0.3) is 0 Å². The van der Waals surface area contributed by atoms with Gasteiger partial charge in [-0.1, -0.05) is 6.07 Å². The summed E-state index contributed by atoms with van der Waals surface area (Å²) in [7, 11) is 4.77. The molecule has 6 nitrogen and oxygen atoms in total. The standard InChI is InChI=1S/C20H25NO5S/c1-24-16-8-7-12(19(25-2)20(16)26-3)17-11-13(21-9-10-27-17)18-14(22)5-4-6-15(18)23/h7-8,17-18H,4-6,9-11H2,1-3H3. The summed E-state index contributed by atoms with van der Waals surface area (Å²) in [5.74, 6) is 1.95.